The van der Waals surface area contributed by atoms with E-state index in [0.717, 1.165) is 52.2 Å². The Labute approximate surface area is 225 Å². The quantitative estimate of drug-likeness (QED) is 0.166. The molecule has 198 valence electrons. The molecule has 5 rings (SSSR count). The topological polar surface area (TPSA) is 175 Å². The number of benzene rings is 1. The van der Waals surface area contributed by atoms with Crippen molar-refractivity contribution in [3.63, 3.8) is 0 Å². The Bertz CT molecular complexity index is 1440. The fourth-order valence-corrected chi connectivity index (χ4v) is 5.77. The summed E-state index contributed by atoms with van der Waals surface area (Å²) in [5.41, 5.74) is 10.8. The van der Waals surface area contributed by atoms with Crippen molar-refractivity contribution < 1.29 is 14.2 Å². The Morgan fingerprint density at radius 1 is 1.29 bits per heavy atom. The predicted octanol–water partition coefficient (Wildman–Crippen LogP) is 2.05. The van der Waals surface area contributed by atoms with Crippen molar-refractivity contribution in [2.45, 2.75) is 36.4 Å². The van der Waals surface area contributed by atoms with Crippen molar-refractivity contribution in [2.75, 3.05) is 25.9 Å². The van der Waals surface area contributed by atoms with Crippen molar-refractivity contribution in [1.29, 1.82) is 0 Å². The number of thioether (sulfide) groups is 1. The van der Waals surface area contributed by atoms with E-state index in [-0.39, 0.29) is 17.3 Å². The standard InChI is InChI=1S/C22H25N11O3S2/c1-13-25-28-22(38-13)37-12-15-9-14(5-6-17(15)35-2)10-24-27-21(34)18-16(11-32-7-3-4-8-32)26-31-33(18)20-19(23)29-36-30-20/h5-6,9-10H,3-4,7-8,11-12H2,1-2H3,(H2,23,29)(H,27,34)/b24-10+. The minimum absolute atomic E-state index is 0.00695. The van der Waals surface area contributed by atoms with Gasteiger partial charge >= 0.3 is 0 Å². The summed E-state index contributed by atoms with van der Waals surface area (Å²) in [4.78, 5) is 15.5. The number of amides is 1. The molecule has 0 unspecified atom stereocenters. The van der Waals surface area contributed by atoms with Crippen LogP contribution in [0.3, 0.4) is 0 Å². The van der Waals surface area contributed by atoms with Gasteiger partial charge in [0.1, 0.15) is 16.5 Å². The Hall–Kier alpha value is -3.89. The van der Waals surface area contributed by atoms with Crippen molar-refractivity contribution in [3.05, 3.63) is 45.7 Å². The number of methoxy groups -OCH3 is 1. The number of nitrogens with two attached hydrogens (primary N) is 1. The number of aryl methyl sites for hydroxylation is 1. The SMILES string of the molecule is COc1ccc(/C=N/NC(=O)c2c(CN3CCCC3)nnn2-c2nonc2N)cc1CSc1nnc(C)s1. The van der Waals surface area contributed by atoms with E-state index in [2.05, 4.69) is 46.2 Å². The van der Waals surface area contributed by atoms with E-state index in [4.69, 9.17) is 15.1 Å². The lowest BCUT2D eigenvalue weighted by Crippen LogP contribution is -2.26. The number of likely N-dealkylation sites (tertiary alicyclic amines) is 1. The van der Waals surface area contributed by atoms with Gasteiger partial charge in [-0.05, 0) is 66.9 Å². The zero-order valence-corrected chi connectivity index (χ0v) is 22.3. The molecule has 14 nitrogen and oxygen atoms in total. The smallest absolute Gasteiger partial charge is 0.292 e. The van der Waals surface area contributed by atoms with Gasteiger partial charge in [0, 0.05) is 17.9 Å². The van der Waals surface area contributed by atoms with E-state index in [0.29, 0.717) is 18.0 Å². The number of nitrogens with one attached hydrogen (secondary N) is 1. The average molecular weight is 556 g/mol. The van der Waals surface area contributed by atoms with Crippen LogP contribution in [0.2, 0.25) is 0 Å². The molecule has 1 aliphatic rings. The van der Waals surface area contributed by atoms with Gasteiger partial charge in [-0.25, -0.2) is 10.1 Å². The Morgan fingerprint density at radius 3 is 2.84 bits per heavy atom. The summed E-state index contributed by atoms with van der Waals surface area (Å²) in [5.74, 6) is 0.956. The van der Waals surface area contributed by atoms with Gasteiger partial charge in [-0.2, -0.15) is 9.78 Å². The molecule has 3 N–H and O–H groups in total. The number of anilines is 1. The summed E-state index contributed by atoms with van der Waals surface area (Å²) < 4.78 is 12.3. The number of carbonyl (C=O) groups is 1. The fourth-order valence-electron chi connectivity index (χ4n) is 3.97. The average Bonchev–Trinajstić information content (AvgIpc) is 3.72. The second kappa shape index (κ2) is 11.7. The minimum atomic E-state index is -0.515. The minimum Gasteiger partial charge on any atom is -0.496 e. The largest absolute Gasteiger partial charge is 0.496 e. The van der Waals surface area contributed by atoms with Crippen LogP contribution in [0, 0.1) is 6.92 Å². The first-order valence-electron chi connectivity index (χ1n) is 11.7. The summed E-state index contributed by atoms with van der Waals surface area (Å²) in [6.45, 7) is 4.24. The number of nitrogen functional groups attached to an aromatic ring is 1. The van der Waals surface area contributed by atoms with E-state index in [9.17, 15) is 4.79 Å². The zero-order valence-electron chi connectivity index (χ0n) is 20.7. The van der Waals surface area contributed by atoms with E-state index in [1.807, 2.05) is 25.1 Å². The lowest BCUT2D eigenvalue weighted by Gasteiger charge is -2.13. The first-order chi connectivity index (χ1) is 18.5. The van der Waals surface area contributed by atoms with E-state index >= 15 is 0 Å². The third-order valence-electron chi connectivity index (χ3n) is 5.77. The molecule has 1 saturated heterocycles. The first kappa shape index (κ1) is 25.7. The molecule has 0 saturated carbocycles. The summed E-state index contributed by atoms with van der Waals surface area (Å²) >= 11 is 3.12. The summed E-state index contributed by atoms with van der Waals surface area (Å²) in [5, 5.41) is 28.9. The Balaban J connectivity index is 1.32. The molecule has 3 aromatic heterocycles. The first-order valence-corrected chi connectivity index (χ1v) is 13.5. The van der Waals surface area contributed by atoms with E-state index in [1.54, 1.807) is 36.4 Å². The summed E-state index contributed by atoms with van der Waals surface area (Å²) in [6, 6.07) is 5.66. The van der Waals surface area contributed by atoms with Crippen LogP contribution in [-0.4, -0.2) is 72.7 Å². The van der Waals surface area contributed by atoms with Gasteiger partial charge in [0.2, 0.25) is 11.6 Å². The number of rotatable bonds is 10. The molecule has 4 heterocycles. The molecular formula is C22H25N11O3S2. The van der Waals surface area contributed by atoms with E-state index < -0.39 is 5.91 Å². The number of hydrazone groups is 1. The summed E-state index contributed by atoms with van der Waals surface area (Å²) in [6.07, 6.45) is 3.76. The number of hydrogen-bond donors (Lipinski definition) is 2. The highest BCUT2D eigenvalue weighted by Crippen LogP contribution is 2.30. The van der Waals surface area contributed by atoms with Crippen LogP contribution in [-0.2, 0) is 12.3 Å². The lowest BCUT2D eigenvalue weighted by molar-refractivity contribution is 0.0945. The van der Waals surface area contributed by atoms with Gasteiger partial charge in [0.15, 0.2) is 10.0 Å². The van der Waals surface area contributed by atoms with Crippen LogP contribution in [0.5, 0.6) is 5.75 Å². The molecule has 0 radical (unpaired) electrons. The molecule has 38 heavy (non-hydrogen) atoms. The molecule has 0 aliphatic carbocycles. The van der Waals surface area contributed by atoms with Gasteiger partial charge in [-0.3, -0.25) is 9.69 Å². The van der Waals surface area contributed by atoms with Crippen LogP contribution < -0.4 is 15.9 Å². The molecule has 0 bridgehead atoms. The van der Waals surface area contributed by atoms with E-state index in [1.165, 1.54) is 4.68 Å². The van der Waals surface area contributed by atoms with Gasteiger partial charge in [0.05, 0.1) is 13.3 Å². The van der Waals surface area contributed by atoms with Gasteiger partial charge in [-0.15, -0.1) is 15.3 Å². The Kier molecular flexibility index (Phi) is 7.90. The molecule has 1 aliphatic heterocycles. The number of nitrogens with zero attached hydrogens (tertiary/aromatic N) is 9. The number of hydrogen-bond acceptors (Lipinski definition) is 14. The number of aromatic nitrogens is 7. The molecule has 16 heteroatoms. The molecule has 0 spiro atoms. The highest BCUT2D eigenvalue weighted by molar-refractivity contribution is 8.00. The maximum absolute atomic E-state index is 13.2. The maximum atomic E-state index is 13.2. The second-order valence-corrected chi connectivity index (χ2v) is 10.8. The highest BCUT2D eigenvalue weighted by atomic mass is 32.2. The Morgan fingerprint density at radius 2 is 2.13 bits per heavy atom. The number of carbonyl (C=O) groups excluding carboxylic acids is 1. The van der Waals surface area contributed by atoms with Gasteiger partial charge in [-0.1, -0.05) is 28.3 Å². The van der Waals surface area contributed by atoms with Gasteiger partial charge in [0.25, 0.3) is 5.91 Å². The summed E-state index contributed by atoms with van der Waals surface area (Å²) in [7, 11) is 1.63. The van der Waals surface area contributed by atoms with Crippen LogP contribution >= 0.6 is 23.1 Å². The monoisotopic (exact) mass is 555 g/mol. The molecule has 4 aromatic rings. The molecule has 1 aromatic carbocycles. The third-order valence-corrected chi connectivity index (χ3v) is 7.79. The predicted molar refractivity (Wildman–Crippen MR) is 140 cm³/mol. The van der Waals surface area contributed by atoms with Crippen LogP contribution in [0.15, 0.2) is 32.3 Å². The van der Waals surface area contributed by atoms with Crippen molar-refractivity contribution in [2.24, 2.45) is 5.10 Å². The number of ether oxygens (including phenoxy) is 1. The molecule has 0 atom stereocenters. The normalized spacial score (nSPS) is 13.9. The second-order valence-electron chi connectivity index (χ2n) is 8.40. The fraction of sp³-hybridized carbons (Fsp3) is 0.364. The van der Waals surface area contributed by atoms with Crippen LogP contribution in [0.4, 0.5) is 5.82 Å². The van der Waals surface area contributed by atoms with Crippen molar-refractivity contribution in [3.8, 4) is 11.6 Å². The molecule has 1 amide bonds. The van der Waals surface area contributed by atoms with Crippen molar-refractivity contribution in [1.82, 2.24) is 45.8 Å². The molecular weight excluding hydrogens is 530 g/mol. The maximum Gasteiger partial charge on any atom is 0.292 e. The third kappa shape index (κ3) is 5.81. The highest BCUT2D eigenvalue weighted by Gasteiger charge is 2.26. The van der Waals surface area contributed by atoms with Crippen molar-refractivity contribution >= 4 is 41.0 Å². The van der Waals surface area contributed by atoms with Gasteiger partial charge < -0.3 is 10.5 Å². The molecule has 1 fully saturated rings. The zero-order chi connectivity index (χ0) is 26.5. The van der Waals surface area contributed by atoms with Crippen LogP contribution in [0.1, 0.15) is 45.2 Å². The van der Waals surface area contributed by atoms with Crippen LogP contribution in [0.25, 0.3) is 5.82 Å². The lowest BCUT2D eigenvalue weighted by atomic mass is 10.1.